The number of β-amino-alcohol motifs (C(OH)–C–C–N with tert-alkyl or cyclic N) is 1. The molecule has 0 unspecified atom stereocenters. The molecule has 320 valence electrons. The summed E-state index contributed by atoms with van der Waals surface area (Å²) in [5.74, 6) is -0.623. The molecule has 5 aromatic rings. The van der Waals surface area contributed by atoms with E-state index >= 15 is 0 Å². The topological polar surface area (TPSA) is 150 Å². The van der Waals surface area contributed by atoms with Crippen LogP contribution >= 0.6 is 0 Å². The number of carbonyl (C=O) groups is 2. The van der Waals surface area contributed by atoms with Gasteiger partial charge in [-0.25, -0.2) is 23.7 Å². The van der Waals surface area contributed by atoms with Gasteiger partial charge in [0.15, 0.2) is 17.5 Å². The minimum absolute atomic E-state index is 0.0508. The van der Waals surface area contributed by atoms with Crippen molar-refractivity contribution in [2.75, 3.05) is 31.5 Å². The van der Waals surface area contributed by atoms with Crippen LogP contribution in [0, 0.1) is 24.7 Å². The van der Waals surface area contributed by atoms with E-state index < -0.39 is 29.2 Å². The van der Waals surface area contributed by atoms with Crippen LogP contribution in [0.4, 0.5) is 20.3 Å². The van der Waals surface area contributed by atoms with Crippen molar-refractivity contribution in [1.29, 1.82) is 0 Å². The fraction of sp³-hybridized carbons (Fsp3) is 0.489. The second kappa shape index (κ2) is 15.6. The first kappa shape index (κ1) is 41.2. The molecule has 14 heteroatoms. The van der Waals surface area contributed by atoms with E-state index in [1.807, 2.05) is 68.8 Å². The Labute approximate surface area is 354 Å². The van der Waals surface area contributed by atoms with E-state index in [1.54, 1.807) is 12.3 Å². The van der Waals surface area contributed by atoms with Crippen molar-refractivity contribution >= 4 is 34.3 Å². The number of imidazole rings is 1. The smallest absolute Gasteiger partial charge is 0.309 e. The highest BCUT2D eigenvalue weighted by molar-refractivity contribution is 5.95. The SMILES string of the molecule is Cc1c(CC(=O)c2nc3c(n2C)CCN(CCC24CCC(C(=O)O)(CC2)C4)C3)cccc1-c1cccc(Nc2nc(C(F)F)nc3cc(CN4CC[C@](C)(O)C4)cnc23)c1C. The number of anilines is 2. The second-order valence-electron chi connectivity index (χ2n) is 18.6. The number of fused-ring (bicyclic) bond motifs is 4. The zero-order chi connectivity index (χ0) is 42.8. The molecule has 3 fully saturated rings. The largest absolute Gasteiger partial charge is 0.481 e. The molecule has 0 spiro atoms. The Morgan fingerprint density at radius 1 is 0.951 bits per heavy atom. The molecule has 9 rings (SSSR count). The van der Waals surface area contributed by atoms with Gasteiger partial charge in [0.05, 0.1) is 22.2 Å². The van der Waals surface area contributed by atoms with E-state index in [0.717, 1.165) is 109 Å². The molecule has 0 amide bonds. The van der Waals surface area contributed by atoms with Crippen LogP contribution < -0.4 is 5.32 Å². The predicted molar refractivity (Wildman–Crippen MR) is 228 cm³/mol. The van der Waals surface area contributed by atoms with Crippen molar-refractivity contribution in [3.63, 3.8) is 0 Å². The summed E-state index contributed by atoms with van der Waals surface area (Å²) in [5.41, 5.74) is 7.71. The number of aromatic nitrogens is 5. The van der Waals surface area contributed by atoms with Gasteiger partial charge in [-0.1, -0.05) is 30.3 Å². The summed E-state index contributed by atoms with van der Waals surface area (Å²) in [6.07, 6.45) is 5.88. The molecule has 0 radical (unpaired) electrons. The van der Waals surface area contributed by atoms with Gasteiger partial charge < -0.3 is 20.1 Å². The summed E-state index contributed by atoms with van der Waals surface area (Å²) in [6.45, 7) is 10.0. The van der Waals surface area contributed by atoms with Crippen molar-refractivity contribution in [3.05, 3.63) is 94.0 Å². The van der Waals surface area contributed by atoms with Crippen molar-refractivity contribution in [1.82, 2.24) is 34.3 Å². The summed E-state index contributed by atoms with van der Waals surface area (Å²) in [7, 11) is 1.93. The molecule has 4 aliphatic rings. The van der Waals surface area contributed by atoms with Gasteiger partial charge >= 0.3 is 5.97 Å². The maximum Gasteiger partial charge on any atom is 0.309 e. The van der Waals surface area contributed by atoms with Crippen LogP contribution in [0.5, 0.6) is 0 Å². The number of aliphatic hydroxyl groups is 1. The van der Waals surface area contributed by atoms with Gasteiger partial charge in [0.25, 0.3) is 6.43 Å². The number of carboxylic acids is 1. The molecule has 1 atom stereocenters. The Kier molecular flexibility index (Phi) is 10.5. The number of carbonyl (C=O) groups excluding carboxylic acids is 1. The fourth-order valence-electron chi connectivity index (χ4n) is 10.8. The molecular formula is C47H54F2N8O4. The number of pyridine rings is 1. The Morgan fingerprint density at radius 2 is 1.70 bits per heavy atom. The molecule has 61 heavy (non-hydrogen) atoms. The number of aliphatic carboxylic acids is 1. The van der Waals surface area contributed by atoms with Crippen LogP contribution in [0.3, 0.4) is 0 Å². The lowest BCUT2D eigenvalue weighted by atomic mass is 9.80. The van der Waals surface area contributed by atoms with Crippen LogP contribution in [-0.4, -0.2) is 88.0 Å². The number of ketones is 1. The fourth-order valence-corrected chi connectivity index (χ4v) is 10.8. The van der Waals surface area contributed by atoms with Gasteiger partial charge in [0, 0.05) is 70.2 Å². The standard InChI is InChI=1S/C47H54F2N8O4/c1-28-31(22-38(58)43-53-36-25-56(18-11-37(36)55(43)4)20-17-46-12-14-47(26-46,15-13-46)44(59)60)7-5-8-32(28)33-9-6-10-34(29(33)2)51-41-39-35(52-42(54-41)40(48)49)21-30(23-50-39)24-57-19-16-45(3,61)27-57/h5-10,21,23,40,61H,11-20,22,24-27H2,1-4H3,(H,59,60)(H,51,52,54)/t45-,46?,47?/m0/s1. The first-order valence-corrected chi connectivity index (χ1v) is 21.5. The van der Waals surface area contributed by atoms with Crippen molar-refractivity contribution < 1.29 is 28.6 Å². The molecule has 1 saturated heterocycles. The average Bonchev–Trinajstić information content (AvgIpc) is 3.99. The van der Waals surface area contributed by atoms with E-state index in [9.17, 15) is 28.6 Å². The van der Waals surface area contributed by atoms with Crippen molar-refractivity contribution in [2.24, 2.45) is 17.9 Å². The van der Waals surface area contributed by atoms with E-state index in [1.165, 1.54) is 0 Å². The Morgan fingerprint density at radius 3 is 2.41 bits per heavy atom. The number of hydrogen-bond acceptors (Lipinski definition) is 10. The molecule has 12 nitrogen and oxygen atoms in total. The molecule has 3 N–H and O–H groups in total. The average molecular weight is 833 g/mol. The number of rotatable bonds is 13. The zero-order valence-corrected chi connectivity index (χ0v) is 35.4. The summed E-state index contributed by atoms with van der Waals surface area (Å²) < 4.78 is 30.3. The van der Waals surface area contributed by atoms with Crippen LogP contribution in [0.15, 0.2) is 48.7 Å². The Balaban J connectivity index is 0.906. The first-order chi connectivity index (χ1) is 29.1. The first-order valence-electron chi connectivity index (χ1n) is 21.5. The minimum atomic E-state index is -2.88. The number of carboxylic acid groups (broad SMARTS) is 1. The van der Waals surface area contributed by atoms with Gasteiger partial charge in [0.1, 0.15) is 5.52 Å². The third-order valence-electron chi connectivity index (χ3n) is 14.4. The molecule has 2 saturated carbocycles. The van der Waals surface area contributed by atoms with Crippen molar-refractivity contribution in [3.8, 4) is 11.1 Å². The number of benzene rings is 2. The van der Waals surface area contributed by atoms with Crippen LogP contribution in [0.2, 0.25) is 0 Å². The number of likely N-dealkylation sites (tertiary alicyclic amines) is 1. The van der Waals surface area contributed by atoms with Gasteiger partial charge in [0.2, 0.25) is 5.78 Å². The lowest BCUT2D eigenvalue weighted by molar-refractivity contribution is -0.148. The predicted octanol–water partition coefficient (Wildman–Crippen LogP) is 7.89. The van der Waals surface area contributed by atoms with E-state index in [4.69, 9.17) is 4.98 Å². The van der Waals surface area contributed by atoms with Gasteiger partial charge in [-0.3, -0.25) is 24.4 Å². The maximum atomic E-state index is 14.1. The highest BCUT2D eigenvalue weighted by Gasteiger charge is 2.57. The van der Waals surface area contributed by atoms with Gasteiger partial charge in [-0.2, -0.15) is 0 Å². The maximum absolute atomic E-state index is 14.1. The van der Waals surface area contributed by atoms with Crippen LogP contribution in [0.25, 0.3) is 22.2 Å². The molecular weight excluding hydrogens is 779 g/mol. The van der Waals surface area contributed by atoms with E-state index in [2.05, 4.69) is 30.1 Å². The molecule has 2 aliphatic carbocycles. The minimum Gasteiger partial charge on any atom is -0.481 e. The molecule has 2 bridgehead atoms. The second-order valence-corrected chi connectivity index (χ2v) is 18.6. The Hall–Kier alpha value is -5.18. The highest BCUT2D eigenvalue weighted by atomic mass is 19.3. The number of nitrogens with one attached hydrogen (secondary N) is 1. The van der Waals surface area contributed by atoms with Gasteiger partial charge in [-0.05, 0) is 123 Å². The lowest BCUT2D eigenvalue weighted by Crippen LogP contribution is -2.34. The van der Waals surface area contributed by atoms with E-state index in [0.29, 0.717) is 48.6 Å². The Bertz CT molecular complexity index is 2550. The van der Waals surface area contributed by atoms with Crippen LogP contribution in [-0.2, 0) is 37.8 Å². The number of halogens is 2. The van der Waals surface area contributed by atoms with Gasteiger partial charge in [-0.15, -0.1) is 0 Å². The summed E-state index contributed by atoms with van der Waals surface area (Å²) in [4.78, 5) is 48.5. The highest BCUT2D eigenvalue weighted by Crippen LogP contribution is 2.63. The third kappa shape index (κ3) is 7.82. The molecule has 2 aliphatic heterocycles. The molecule has 3 aromatic heterocycles. The zero-order valence-electron chi connectivity index (χ0n) is 35.4. The summed E-state index contributed by atoms with van der Waals surface area (Å²) in [5, 5.41) is 23.6. The third-order valence-corrected chi connectivity index (χ3v) is 14.4. The van der Waals surface area contributed by atoms with Crippen LogP contribution in [0.1, 0.15) is 108 Å². The summed E-state index contributed by atoms with van der Waals surface area (Å²) in [6, 6.07) is 13.5. The summed E-state index contributed by atoms with van der Waals surface area (Å²) >= 11 is 0. The lowest BCUT2D eigenvalue weighted by Gasteiger charge is -2.32. The normalized spacial score (nSPS) is 23.9. The number of Topliss-reactive ketones (excluding diaryl/α,β-unsaturated/α-hetero) is 1. The number of nitrogens with zero attached hydrogens (tertiary/aromatic N) is 7. The quantitative estimate of drug-likeness (QED) is 0.0995. The van der Waals surface area contributed by atoms with Crippen molar-refractivity contribution in [2.45, 2.75) is 104 Å². The number of hydrogen-bond donors (Lipinski definition) is 3. The molecule has 2 aromatic carbocycles. The molecule has 5 heterocycles. The number of alkyl halides is 2. The monoisotopic (exact) mass is 832 g/mol. The van der Waals surface area contributed by atoms with E-state index in [-0.39, 0.29) is 23.4 Å².